The molecule has 2 aromatic carbocycles. The number of methoxy groups -OCH3 is 1. The van der Waals surface area contributed by atoms with E-state index in [0.717, 1.165) is 16.9 Å². The predicted molar refractivity (Wildman–Crippen MR) is 107 cm³/mol. The highest BCUT2D eigenvalue weighted by molar-refractivity contribution is 5.83. The van der Waals surface area contributed by atoms with Crippen LogP contribution in [0.25, 0.3) is 22.6 Å². The number of hydrogen-bond acceptors (Lipinski definition) is 5. The number of fused-ring (bicyclic) bond motifs is 2. The second-order valence-electron chi connectivity index (χ2n) is 6.41. The van der Waals surface area contributed by atoms with Gasteiger partial charge in [0.1, 0.15) is 23.7 Å². The summed E-state index contributed by atoms with van der Waals surface area (Å²) in [5.41, 5.74) is 2.19. The number of para-hydroxylation sites is 1. The van der Waals surface area contributed by atoms with Crippen LogP contribution < -0.4 is 15.0 Å². The van der Waals surface area contributed by atoms with E-state index in [9.17, 15) is 10.1 Å². The third-order valence-corrected chi connectivity index (χ3v) is 4.61. The van der Waals surface area contributed by atoms with E-state index in [1.807, 2.05) is 37.3 Å². The van der Waals surface area contributed by atoms with E-state index in [-0.39, 0.29) is 23.1 Å². The standard InChI is InChI=1S/C22H17N3O3/c1-13-15(9-14-5-3-4-6-20(14)28-13)10-16(12-23)21-24-19-8-7-17(27-2)11-18(19)22(26)25-21/h3-11,13H,1-2H3,(H,24,25,26). The van der Waals surface area contributed by atoms with Gasteiger partial charge in [0.15, 0.2) is 5.82 Å². The molecule has 0 bridgehead atoms. The number of ether oxygens (including phenoxy) is 2. The van der Waals surface area contributed by atoms with E-state index < -0.39 is 0 Å². The van der Waals surface area contributed by atoms with Crippen LogP contribution in [-0.4, -0.2) is 23.2 Å². The minimum atomic E-state index is -0.327. The second kappa shape index (κ2) is 7.05. The monoisotopic (exact) mass is 371 g/mol. The Labute approximate surface area is 161 Å². The smallest absolute Gasteiger partial charge is 0.259 e. The topological polar surface area (TPSA) is 88.0 Å². The van der Waals surface area contributed by atoms with Crippen LogP contribution in [0.1, 0.15) is 18.3 Å². The van der Waals surface area contributed by atoms with Crippen molar-refractivity contribution < 1.29 is 9.47 Å². The van der Waals surface area contributed by atoms with Crippen LogP contribution in [0.3, 0.4) is 0 Å². The molecule has 1 aliphatic heterocycles. The SMILES string of the molecule is COc1ccc2nc(C(C#N)=CC3=Cc4ccccc4OC3C)[nH]c(=O)c2c1. The van der Waals surface area contributed by atoms with Crippen molar-refractivity contribution in [3.8, 4) is 17.6 Å². The number of H-pyrrole nitrogens is 1. The molecule has 0 amide bonds. The van der Waals surface area contributed by atoms with Gasteiger partial charge >= 0.3 is 0 Å². The lowest BCUT2D eigenvalue weighted by atomic mass is 10.00. The number of aromatic amines is 1. The molecule has 28 heavy (non-hydrogen) atoms. The molecular weight excluding hydrogens is 354 g/mol. The van der Waals surface area contributed by atoms with Crippen molar-refractivity contribution in [2.45, 2.75) is 13.0 Å². The van der Waals surface area contributed by atoms with Gasteiger partial charge in [-0.1, -0.05) is 18.2 Å². The van der Waals surface area contributed by atoms with Crippen LogP contribution in [0, 0.1) is 11.3 Å². The first-order valence-electron chi connectivity index (χ1n) is 8.76. The van der Waals surface area contributed by atoms with E-state index in [1.54, 1.807) is 24.3 Å². The first-order chi connectivity index (χ1) is 13.6. The van der Waals surface area contributed by atoms with E-state index in [0.29, 0.717) is 16.7 Å². The van der Waals surface area contributed by atoms with Crippen LogP contribution in [0.5, 0.6) is 11.5 Å². The molecule has 138 valence electrons. The summed E-state index contributed by atoms with van der Waals surface area (Å²) in [7, 11) is 1.53. The van der Waals surface area contributed by atoms with Crippen molar-refractivity contribution in [2.24, 2.45) is 0 Å². The summed E-state index contributed by atoms with van der Waals surface area (Å²) in [6.07, 6.45) is 3.45. The van der Waals surface area contributed by atoms with E-state index >= 15 is 0 Å². The quantitative estimate of drug-likeness (QED) is 0.709. The number of aromatic nitrogens is 2. The maximum absolute atomic E-state index is 12.5. The second-order valence-corrected chi connectivity index (χ2v) is 6.41. The average molecular weight is 371 g/mol. The number of nitriles is 1. The summed E-state index contributed by atoms with van der Waals surface area (Å²) in [6, 6.07) is 14.9. The summed E-state index contributed by atoms with van der Waals surface area (Å²) in [5, 5.41) is 10.1. The molecule has 1 aliphatic rings. The molecule has 1 N–H and O–H groups in total. The lowest BCUT2D eigenvalue weighted by Gasteiger charge is -2.23. The van der Waals surface area contributed by atoms with Crippen molar-refractivity contribution in [1.82, 2.24) is 9.97 Å². The Kier molecular flexibility index (Phi) is 4.42. The zero-order valence-electron chi connectivity index (χ0n) is 15.4. The van der Waals surface area contributed by atoms with Gasteiger partial charge in [0.2, 0.25) is 0 Å². The molecule has 4 rings (SSSR count). The highest BCUT2D eigenvalue weighted by Gasteiger charge is 2.18. The Morgan fingerprint density at radius 3 is 2.93 bits per heavy atom. The van der Waals surface area contributed by atoms with Crippen molar-refractivity contribution in [3.05, 3.63) is 75.9 Å². The molecular formula is C22H17N3O3. The Bertz CT molecular complexity index is 1230. The number of allylic oxidation sites excluding steroid dienone is 1. The minimum absolute atomic E-state index is 0.220. The van der Waals surface area contributed by atoms with E-state index in [1.165, 1.54) is 7.11 Å². The van der Waals surface area contributed by atoms with E-state index in [2.05, 4.69) is 16.0 Å². The van der Waals surface area contributed by atoms with Crippen molar-refractivity contribution in [2.75, 3.05) is 7.11 Å². The van der Waals surface area contributed by atoms with Crippen LogP contribution in [0.15, 0.2) is 58.9 Å². The largest absolute Gasteiger partial charge is 0.497 e. The molecule has 0 saturated carbocycles. The minimum Gasteiger partial charge on any atom is -0.497 e. The molecule has 2 heterocycles. The lowest BCUT2D eigenvalue weighted by Crippen LogP contribution is -2.18. The predicted octanol–water partition coefficient (Wildman–Crippen LogP) is 3.70. The lowest BCUT2D eigenvalue weighted by molar-refractivity contribution is 0.257. The van der Waals surface area contributed by atoms with Crippen molar-refractivity contribution >= 4 is 22.6 Å². The fraction of sp³-hybridized carbons (Fsp3) is 0.136. The average Bonchev–Trinajstić information content (AvgIpc) is 2.71. The highest BCUT2D eigenvalue weighted by atomic mass is 16.5. The summed E-state index contributed by atoms with van der Waals surface area (Å²) in [4.78, 5) is 19.6. The molecule has 1 unspecified atom stereocenters. The zero-order valence-corrected chi connectivity index (χ0v) is 15.4. The maximum Gasteiger partial charge on any atom is 0.259 e. The molecule has 0 aliphatic carbocycles. The molecule has 1 aromatic heterocycles. The van der Waals surface area contributed by atoms with Gasteiger partial charge < -0.3 is 14.5 Å². The summed E-state index contributed by atoms with van der Waals surface area (Å²) in [5.74, 6) is 1.59. The van der Waals surface area contributed by atoms with Gasteiger partial charge in [0.25, 0.3) is 5.56 Å². The first-order valence-corrected chi connectivity index (χ1v) is 8.76. The maximum atomic E-state index is 12.5. The molecule has 0 fully saturated rings. The Morgan fingerprint density at radius 1 is 1.32 bits per heavy atom. The third kappa shape index (κ3) is 3.14. The number of benzene rings is 2. The molecule has 3 aromatic rings. The van der Waals surface area contributed by atoms with Gasteiger partial charge in [0, 0.05) is 5.56 Å². The first kappa shape index (κ1) is 17.6. The fourth-order valence-corrected chi connectivity index (χ4v) is 3.11. The van der Waals surface area contributed by atoms with Crippen LogP contribution in [0.2, 0.25) is 0 Å². The van der Waals surface area contributed by atoms with Crippen LogP contribution >= 0.6 is 0 Å². The number of rotatable bonds is 3. The Hall–Kier alpha value is -3.85. The normalized spacial score (nSPS) is 16.0. The number of nitrogens with one attached hydrogen (secondary N) is 1. The Morgan fingerprint density at radius 2 is 2.14 bits per heavy atom. The Balaban J connectivity index is 1.80. The van der Waals surface area contributed by atoms with Gasteiger partial charge in [-0.05, 0) is 48.9 Å². The molecule has 0 saturated heterocycles. The molecule has 0 radical (unpaired) electrons. The third-order valence-electron chi connectivity index (χ3n) is 4.61. The van der Waals surface area contributed by atoms with Crippen LogP contribution in [-0.2, 0) is 0 Å². The number of nitrogens with zero attached hydrogens (tertiary/aromatic N) is 2. The van der Waals surface area contributed by atoms with Crippen molar-refractivity contribution in [3.63, 3.8) is 0 Å². The summed E-state index contributed by atoms with van der Waals surface area (Å²) in [6.45, 7) is 1.91. The van der Waals surface area contributed by atoms with Gasteiger partial charge in [-0.2, -0.15) is 5.26 Å². The fourth-order valence-electron chi connectivity index (χ4n) is 3.11. The van der Waals surface area contributed by atoms with Gasteiger partial charge in [-0.3, -0.25) is 4.79 Å². The highest BCUT2D eigenvalue weighted by Crippen LogP contribution is 2.31. The molecule has 1 atom stereocenters. The summed E-state index contributed by atoms with van der Waals surface area (Å²) >= 11 is 0. The molecule has 6 nitrogen and oxygen atoms in total. The van der Waals surface area contributed by atoms with Gasteiger partial charge in [-0.25, -0.2) is 4.98 Å². The van der Waals surface area contributed by atoms with E-state index in [4.69, 9.17) is 9.47 Å². The zero-order chi connectivity index (χ0) is 19.7. The summed E-state index contributed by atoms with van der Waals surface area (Å²) < 4.78 is 11.1. The van der Waals surface area contributed by atoms with Crippen LogP contribution in [0.4, 0.5) is 0 Å². The molecule has 0 spiro atoms. The van der Waals surface area contributed by atoms with Gasteiger partial charge in [0.05, 0.1) is 23.6 Å². The molecule has 6 heteroatoms. The number of hydrogen-bond donors (Lipinski definition) is 1. The van der Waals surface area contributed by atoms with Gasteiger partial charge in [-0.15, -0.1) is 0 Å². The van der Waals surface area contributed by atoms with Crippen molar-refractivity contribution in [1.29, 1.82) is 5.26 Å².